The largest absolute Gasteiger partial charge is 0.384 e. The normalized spacial score (nSPS) is 23.7. The van der Waals surface area contributed by atoms with Crippen molar-refractivity contribution in [2.24, 2.45) is 0 Å². The lowest BCUT2D eigenvalue weighted by atomic mass is 9.75. The number of benzene rings is 1. The average Bonchev–Trinajstić information content (AvgIpc) is 2.54. The van der Waals surface area contributed by atoms with Gasteiger partial charge in [0.2, 0.25) is 15.9 Å². The fourth-order valence-corrected chi connectivity index (χ4v) is 4.99. The van der Waals surface area contributed by atoms with E-state index in [0.29, 0.717) is 13.1 Å². The van der Waals surface area contributed by atoms with Crippen molar-refractivity contribution < 1.29 is 17.9 Å². The lowest BCUT2D eigenvalue weighted by Crippen LogP contribution is -2.59. The SMILES string of the molecule is COCCS(=O)(=O)N1CC(=O)N2CC(C)(C)c3ccccc3C2C1. The van der Waals surface area contributed by atoms with Gasteiger partial charge in [-0.2, -0.15) is 4.31 Å². The van der Waals surface area contributed by atoms with E-state index in [0.717, 1.165) is 5.56 Å². The minimum Gasteiger partial charge on any atom is -0.384 e. The summed E-state index contributed by atoms with van der Waals surface area (Å²) < 4.78 is 31.2. The molecule has 0 saturated carbocycles. The molecule has 1 fully saturated rings. The maximum absolute atomic E-state index is 12.6. The zero-order valence-corrected chi connectivity index (χ0v) is 15.2. The maximum atomic E-state index is 12.6. The summed E-state index contributed by atoms with van der Waals surface area (Å²) in [6.45, 7) is 5.21. The van der Waals surface area contributed by atoms with Crippen LogP contribution in [-0.2, 0) is 25.0 Å². The van der Waals surface area contributed by atoms with Crippen LogP contribution in [-0.4, -0.2) is 62.6 Å². The highest BCUT2D eigenvalue weighted by atomic mass is 32.2. The molecule has 1 aromatic carbocycles. The van der Waals surface area contributed by atoms with E-state index in [4.69, 9.17) is 4.74 Å². The fourth-order valence-electron chi connectivity index (χ4n) is 3.68. The van der Waals surface area contributed by atoms with Crippen molar-refractivity contribution in [3.05, 3.63) is 35.4 Å². The van der Waals surface area contributed by atoms with Crippen LogP contribution in [0, 0.1) is 0 Å². The Labute approximate surface area is 143 Å². The van der Waals surface area contributed by atoms with Gasteiger partial charge in [-0.25, -0.2) is 8.42 Å². The molecule has 0 radical (unpaired) electrons. The molecular weight excluding hydrogens is 328 g/mol. The first kappa shape index (κ1) is 17.4. The second-order valence-electron chi connectivity index (χ2n) is 7.11. The average molecular weight is 352 g/mol. The van der Waals surface area contributed by atoms with Gasteiger partial charge in [-0.3, -0.25) is 4.79 Å². The third-order valence-corrected chi connectivity index (χ3v) is 6.69. The Balaban J connectivity index is 1.96. The summed E-state index contributed by atoms with van der Waals surface area (Å²) >= 11 is 0. The Bertz CT molecular complexity index is 745. The number of piperazine rings is 1. The van der Waals surface area contributed by atoms with Crippen molar-refractivity contribution in [3.8, 4) is 0 Å². The second kappa shape index (κ2) is 6.13. The van der Waals surface area contributed by atoms with Crippen LogP contribution in [0.5, 0.6) is 0 Å². The van der Waals surface area contributed by atoms with Gasteiger partial charge >= 0.3 is 0 Å². The van der Waals surface area contributed by atoms with E-state index in [1.54, 1.807) is 0 Å². The maximum Gasteiger partial charge on any atom is 0.238 e. The topological polar surface area (TPSA) is 66.9 Å². The number of hydrogen-bond donors (Lipinski definition) is 0. The van der Waals surface area contributed by atoms with E-state index in [9.17, 15) is 13.2 Å². The molecule has 1 amide bonds. The van der Waals surface area contributed by atoms with Crippen molar-refractivity contribution in [2.45, 2.75) is 25.3 Å². The molecule has 6 nitrogen and oxygen atoms in total. The van der Waals surface area contributed by atoms with Crippen LogP contribution in [0.2, 0.25) is 0 Å². The number of nitrogens with zero attached hydrogens (tertiary/aromatic N) is 2. The Morgan fingerprint density at radius 2 is 2.00 bits per heavy atom. The van der Waals surface area contributed by atoms with Gasteiger partial charge in [0.1, 0.15) is 0 Å². The Morgan fingerprint density at radius 1 is 1.29 bits per heavy atom. The Hall–Kier alpha value is -1.44. The number of hydrogen-bond acceptors (Lipinski definition) is 4. The molecule has 7 heteroatoms. The summed E-state index contributed by atoms with van der Waals surface area (Å²) in [6, 6.07) is 7.81. The molecule has 2 aliphatic heterocycles. The molecule has 1 aromatic rings. The van der Waals surface area contributed by atoms with Crippen molar-refractivity contribution in [1.29, 1.82) is 0 Å². The van der Waals surface area contributed by atoms with E-state index in [-0.39, 0.29) is 36.3 Å². The monoisotopic (exact) mass is 352 g/mol. The second-order valence-corrected chi connectivity index (χ2v) is 9.20. The summed E-state index contributed by atoms with van der Waals surface area (Å²) in [5.74, 6) is -0.230. The zero-order chi connectivity index (χ0) is 17.5. The van der Waals surface area contributed by atoms with Crippen molar-refractivity contribution in [2.75, 3.05) is 39.1 Å². The van der Waals surface area contributed by atoms with Gasteiger partial charge in [-0.1, -0.05) is 38.1 Å². The number of rotatable bonds is 4. The van der Waals surface area contributed by atoms with E-state index < -0.39 is 10.0 Å². The van der Waals surface area contributed by atoms with E-state index >= 15 is 0 Å². The van der Waals surface area contributed by atoms with E-state index in [1.165, 1.54) is 17.0 Å². The number of carbonyl (C=O) groups excluding carboxylic acids is 1. The lowest BCUT2D eigenvalue weighted by molar-refractivity contribution is -0.139. The van der Waals surface area contributed by atoms with Gasteiger partial charge in [-0.15, -0.1) is 0 Å². The van der Waals surface area contributed by atoms with Crippen molar-refractivity contribution >= 4 is 15.9 Å². The van der Waals surface area contributed by atoms with Crippen LogP contribution < -0.4 is 0 Å². The molecule has 2 heterocycles. The van der Waals surface area contributed by atoms with Crippen LogP contribution >= 0.6 is 0 Å². The fraction of sp³-hybridized carbons (Fsp3) is 0.588. The summed E-state index contributed by atoms with van der Waals surface area (Å²) in [7, 11) is -2.03. The van der Waals surface area contributed by atoms with Crippen molar-refractivity contribution in [1.82, 2.24) is 9.21 Å². The Kier molecular flexibility index (Phi) is 4.44. The zero-order valence-electron chi connectivity index (χ0n) is 14.4. The summed E-state index contributed by atoms with van der Waals surface area (Å²) in [6.07, 6.45) is 0. The van der Waals surface area contributed by atoms with Crippen LogP contribution in [0.4, 0.5) is 0 Å². The van der Waals surface area contributed by atoms with Crippen LogP contribution in [0.3, 0.4) is 0 Å². The highest BCUT2D eigenvalue weighted by molar-refractivity contribution is 7.89. The Morgan fingerprint density at radius 3 is 2.71 bits per heavy atom. The number of amides is 1. The lowest BCUT2D eigenvalue weighted by Gasteiger charge is -2.49. The van der Waals surface area contributed by atoms with Gasteiger partial charge < -0.3 is 9.64 Å². The first-order valence-electron chi connectivity index (χ1n) is 8.12. The minimum absolute atomic E-state index is 0.0825. The first-order valence-corrected chi connectivity index (χ1v) is 9.73. The number of methoxy groups -OCH3 is 1. The number of fused-ring (bicyclic) bond motifs is 3. The molecule has 132 valence electrons. The minimum atomic E-state index is -3.50. The smallest absolute Gasteiger partial charge is 0.238 e. The summed E-state index contributed by atoms with van der Waals surface area (Å²) in [4.78, 5) is 14.5. The molecule has 1 atom stereocenters. The molecule has 0 aromatic heterocycles. The molecule has 0 spiro atoms. The molecule has 1 saturated heterocycles. The highest BCUT2D eigenvalue weighted by Crippen LogP contribution is 2.41. The molecule has 0 N–H and O–H groups in total. The first-order chi connectivity index (χ1) is 11.3. The number of ether oxygens (including phenoxy) is 1. The molecule has 0 bridgehead atoms. The van der Waals surface area contributed by atoms with Gasteiger partial charge in [0.15, 0.2) is 0 Å². The van der Waals surface area contributed by atoms with Crippen LogP contribution in [0.15, 0.2) is 24.3 Å². The van der Waals surface area contributed by atoms with Gasteiger partial charge in [0.05, 0.1) is 24.9 Å². The number of sulfonamides is 1. The summed E-state index contributed by atoms with van der Waals surface area (Å²) in [5.41, 5.74) is 2.10. The molecule has 1 unspecified atom stereocenters. The van der Waals surface area contributed by atoms with Crippen LogP contribution in [0.1, 0.15) is 31.0 Å². The third-order valence-electron chi connectivity index (χ3n) is 4.94. The highest BCUT2D eigenvalue weighted by Gasteiger charge is 2.45. The number of carbonyl (C=O) groups is 1. The standard InChI is InChI=1S/C17H24N2O4S/c1-17(2)12-19-15(13-6-4-5-7-14(13)17)10-18(11-16(19)20)24(21,22)9-8-23-3/h4-7,15H,8-12H2,1-3H3. The van der Waals surface area contributed by atoms with Gasteiger partial charge in [0.25, 0.3) is 0 Å². The molecule has 3 rings (SSSR count). The quantitative estimate of drug-likeness (QED) is 0.815. The van der Waals surface area contributed by atoms with Gasteiger partial charge in [0, 0.05) is 25.6 Å². The molecule has 24 heavy (non-hydrogen) atoms. The predicted molar refractivity (Wildman–Crippen MR) is 91.2 cm³/mol. The third kappa shape index (κ3) is 2.96. The molecule has 2 aliphatic rings. The van der Waals surface area contributed by atoms with Crippen molar-refractivity contribution in [3.63, 3.8) is 0 Å². The van der Waals surface area contributed by atoms with E-state index in [2.05, 4.69) is 19.9 Å². The van der Waals surface area contributed by atoms with Gasteiger partial charge in [-0.05, 0) is 11.1 Å². The predicted octanol–water partition coefficient (Wildman–Crippen LogP) is 1.14. The molecule has 0 aliphatic carbocycles. The van der Waals surface area contributed by atoms with E-state index in [1.807, 2.05) is 23.1 Å². The van der Waals surface area contributed by atoms with Crippen LogP contribution in [0.25, 0.3) is 0 Å². The molecular formula is C17H24N2O4S. The summed E-state index contributed by atoms with van der Waals surface area (Å²) in [5, 5.41) is 0.